The summed E-state index contributed by atoms with van der Waals surface area (Å²) < 4.78 is 38.6. The fourth-order valence-corrected chi connectivity index (χ4v) is 2.06. The molecule has 24 heavy (non-hydrogen) atoms. The Labute approximate surface area is 138 Å². The second-order valence-electron chi connectivity index (χ2n) is 4.79. The largest absolute Gasteiger partial charge is 0.435 e. The zero-order valence-electron chi connectivity index (χ0n) is 12.1. The number of rotatable bonds is 4. The van der Waals surface area contributed by atoms with Gasteiger partial charge in [-0.1, -0.05) is 11.6 Å². The molecule has 0 fully saturated rings. The van der Waals surface area contributed by atoms with Crippen LogP contribution in [0.3, 0.4) is 0 Å². The minimum absolute atomic E-state index is 0.109. The number of hydrogen-bond donors (Lipinski definition) is 1. The number of nitro groups is 1. The van der Waals surface area contributed by atoms with Crippen LogP contribution in [-0.4, -0.2) is 20.6 Å². The first-order chi connectivity index (χ1) is 11.1. The molecule has 0 saturated carbocycles. The minimum atomic E-state index is -4.62. The molecule has 0 atom stereocenters. The molecule has 1 amide bonds. The van der Waals surface area contributed by atoms with Crippen molar-refractivity contribution in [1.82, 2.24) is 9.78 Å². The van der Waals surface area contributed by atoms with E-state index in [1.165, 1.54) is 19.1 Å². The van der Waals surface area contributed by atoms with E-state index in [9.17, 15) is 28.1 Å². The average molecular weight is 363 g/mol. The van der Waals surface area contributed by atoms with Gasteiger partial charge in [-0.15, -0.1) is 0 Å². The SMILES string of the molecule is Cc1cc(C(F)(F)F)nn1CC(=O)Nc1ccc(Cl)cc1[N+](=O)[O-]. The first kappa shape index (κ1) is 17.7. The fraction of sp³-hybridized carbons (Fsp3) is 0.231. The smallest absolute Gasteiger partial charge is 0.319 e. The molecule has 0 unspecified atom stereocenters. The van der Waals surface area contributed by atoms with E-state index in [0.717, 1.165) is 16.8 Å². The first-order valence-corrected chi connectivity index (χ1v) is 6.81. The molecule has 2 rings (SSSR count). The number of nitrogens with zero attached hydrogens (tertiary/aromatic N) is 3. The van der Waals surface area contributed by atoms with Crippen LogP contribution >= 0.6 is 11.6 Å². The second-order valence-corrected chi connectivity index (χ2v) is 5.23. The van der Waals surface area contributed by atoms with Crippen molar-refractivity contribution in [2.24, 2.45) is 0 Å². The minimum Gasteiger partial charge on any atom is -0.319 e. The van der Waals surface area contributed by atoms with Gasteiger partial charge in [-0.3, -0.25) is 19.6 Å². The van der Waals surface area contributed by atoms with Crippen molar-refractivity contribution < 1.29 is 22.9 Å². The molecule has 0 aliphatic heterocycles. The summed E-state index contributed by atoms with van der Waals surface area (Å²) >= 11 is 5.66. The van der Waals surface area contributed by atoms with Gasteiger partial charge in [0.2, 0.25) is 5.91 Å². The number of aromatic nitrogens is 2. The Kier molecular flexibility index (Phi) is 4.78. The molecule has 2 aromatic rings. The van der Waals surface area contributed by atoms with Gasteiger partial charge in [-0.2, -0.15) is 18.3 Å². The summed E-state index contributed by atoms with van der Waals surface area (Å²) in [4.78, 5) is 22.1. The number of aryl methyl sites for hydroxylation is 1. The van der Waals surface area contributed by atoms with Crippen LogP contribution in [0.15, 0.2) is 24.3 Å². The van der Waals surface area contributed by atoms with Crippen molar-refractivity contribution in [3.05, 3.63) is 50.8 Å². The van der Waals surface area contributed by atoms with Crippen molar-refractivity contribution >= 4 is 28.9 Å². The van der Waals surface area contributed by atoms with Crippen LogP contribution < -0.4 is 5.32 Å². The maximum Gasteiger partial charge on any atom is 0.435 e. The van der Waals surface area contributed by atoms with Gasteiger partial charge in [0.05, 0.1) is 4.92 Å². The summed E-state index contributed by atoms with van der Waals surface area (Å²) in [6.45, 7) is 0.835. The van der Waals surface area contributed by atoms with Gasteiger partial charge in [-0.25, -0.2) is 0 Å². The molecule has 0 radical (unpaired) electrons. The van der Waals surface area contributed by atoms with Gasteiger partial charge in [0, 0.05) is 16.8 Å². The zero-order valence-corrected chi connectivity index (χ0v) is 12.9. The van der Waals surface area contributed by atoms with E-state index in [4.69, 9.17) is 11.6 Å². The third-order valence-electron chi connectivity index (χ3n) is 3.00. The Morgan fingerprint density at radius 2 is 2.08 bits per heavy atom. The number of alkyl halides is 3. The highest BCUT2D eigenvalue weighted by atomic mass is 35.5. The summed E-state index contributed by atoms with van der Waals surface area (Å²) in [5.41, 5.74) is -1.53. The van der Waals surface area contributed by atoms with E-state index >= 15 is 0 Å². The molecule has 0 aliphatic carbocycles. The predicted octanol–water partition coefficient (Wildman–Crippen LogP) is 3.41. The summed E-state index contributed by atoms with van der Waals surface area (Å²) in [5, 5.41) is 16.6. The number of nitrogens with one attached hydrogen (secondary N) is 1. The first-order valence-electron chi connectivity index (χ1n) is 6.43. The summed E-state index contributed by atoms with van der Waals surface area (Å²) in [6.07, 6.45) is -4.62. The van der Waals surface area contributed by atoms with Gasteiger partial charge >= 0.3 is 6.18 Å². The average Bonchev–Trinajstić information content (AvgIpc) is 2.82. The number of carbonyl (C=O) groups is 1. The van der Waals surface area contributed by atoms with Crippen LogP contribution in [0, 0.1) is 17.0 Å². The van der Waals surface area contributed by atoms with Crippen LogP contribution in [0.5, 0.6) is 0 Å². The molecule has 1 aromatic heterocycles. The summed E-state index contributed by atoms with van der Waals surface area (Å²) in [5.74, 6) is -0.764. The quantitative estimate of drug-likeness (QED) is 0.666. The lowest BCUT2D eigenvalue weighted by atomic mass is 10.2. The summed E-state index contributed by atoms with van der Waals surface area (Å²) in [6, 6.07) is 4.43. The van der Waals surface area contributed by atoms with Gasteiger partial charge in [-0.05, 0) is 25.1 Å². The van der Waals surface area contributed by atoms with Crippen molar-refractivity contribution in [3.8, 4) is 0 Å². The third kappa shape index (κ3) is 4.02. The lowest BCUT2D eigenvalue weighted by Gasteiger charge is -2.08. The molecule has 1 heterocycles. The summed E-state index contributed by atoms with van der Waals surface area (Å²) in [7, 11) is 0. The molecule has 0 aliphatic rings. The maximum absolute atomic E-state index is 12.6. The zero-order chi connectivity index (χ0) is 18.1. The van der Waals surface area contributed by atoms with E-state index in [0.29, 0.717) is 0 Å². The van der Waals surface area contributed by atoms with Crippen LogP contribution in [-0.2, 0) is 17.5 Å². The number of nitro benzene ring substituents is 1. The highest BCUT2D eigenvalue weighted by Crippen LogP contribution is 2.29. The number of anilines is 1. The molecule has 0 saturated heterocycles. The fourth-order valence-electron chi connectivity index (χ4n) is 1.90. The van der Waals surface area contributed by atoms with Crippen LogP contribution in [0.1, 0.15) is 11.4 Å². The highest BCUT2D eigenvalue weighted by Gasteiger charge is 2.34. The number of carbonyl (C=O) groups excluding carboxylic acids is 1. The predicted molar refractivity (Wildman–Crippen MR) is 78.7 cm³/mol. The second kappa shape index (κ2) is 6.48. The van der Waals surface area contributed by atoms with E-state index in [2.05, 4.69) is 10.4 Å². The van der Waals surface area contributed by atoms with Crippen LogP contribution in [0.4, 0.5) is 24.5 Å². The van der Waals surface area contributed by atoms with Crippen molar-refractivity contribution in [1.29, 1.82) is 0 Å². The monoisotopic (exact) mass is 362 g/mol. The standard InChI is InChI=1S/C13H10ClF3N4O3/c1-7-4-11(13(15,16)17)19-20(7)6-12(22)18-9-3-2-8(14)5-10(9)21(23)24/h2-5H,6H2,1H3,(H,18,22). The molecule has 128 valence electrons. The Morgan fingerprint density at radius 1 is 1.42 bits per heavy atom. The van der Waals surface area contributed by atoms with Crippen molar-refractivity contribution in [2.75, 3.05) is 5.32 Å². The number of benzene rings is 1. The molecule has 0 bridgehead atoms. The molecule has 11 heteroatoms. The van der Waals surface area contributed by atoms with E-state index in [1.807, 2.05) is 0 Å². The van der Waals surface area contributed by atoms with Gasteiger partial charge < -0.3 is 5.32 Å². The number of halogens is 4. The molecule has 1 aromatic carbocycles. The Balaban J connectivity index is 2.18. The van der Waals surface area contributed by atoms with E-state index in [-0.39, 0.29) is 16.4 Å². The number of amides is 1. The Bertz CT molecular complexity index is 804. The Morgan fingerprint density at radius 3 is 2.62 bits per heavy atom. The van der Waals surface area contributed by atoms with E-state index < -0.39 is 34.9 Å². The van der Waals surface area contributed by atoms with E-state index in [1.54, 1.807) is 0 Å². The number of hydrogen-bond acceptors (Lipinski definition) is 4. The molecular formula is C13H10ClF3N4O3. The van der Waals surface area contributed by atoms with Crippen LogP contribution in [0.2, 0.25) is 5.02 Å². The molecular weight excluding hydrogens is 353 g/mol. The topological polar surface area (TPSA) is 90.1 Å². The molecule has 7 nitrogen and oxygen atoms in total. The lowest BCUT2D eigenvalue weighted by Crippen LogP contribution is -2.21. The molecule has 1 N–H and O–H groups in total. The lowest BCUT2D eigenvalue weighted by molar-refractivity contribution is -0.383. The molecule has 0 spiro atoms. The van der Waals surface area contributed by atoms with Crippen molar-refractivity contribution in [2.45, 2.75) is 19.6 Å². The van der Waals surface area contributed by atoms with Crippen molar-refractivity contribution in [3.63, 3.8) is 0 Å². The van der Waals surface area contributed by atoms with Gasteiger partial charge in [0.1, 0.15) is 12.2 Å². The normalized spacial score (nSPS) is 11.4. The Hall–Kier alpha value is -2.62. The van der Waals surface area contributed by atoms with Gasteiger partial charge in [0.25, 0.3) is 5.69 Å². The maximum atomic E-state index is 12.6. The third-order valence-corrected chi connectivity index (χ3v) is 3.23. The highest BCUT2D eigenvalue weighted by molar-refractivity contribution is 6.31. The van der Waals surface area contributed by atoms with Crippen LogP contribution in [0.25, 0.3) is 0 Å². The van der Waals surface area contributed by atoms with Gasteiger partial charge in [0.15, 0.2) is 5.69 Å².